The second-order valence-corrected chi connectivity index (χ2v) is 10.7. The predicted octanol–water partition coefficient (Wildman–Crippen LogP) is 4.74. The number of methoxy groups -OCH3 is 1. The van der Waals surface area contributed by atoms with E-state index in [9.17, 15) is 14.4 Å². The van der Waals surface area contributed by atoms with Crippen LogP contribution in [0.4, 0.5) is 11.4 Å². The minimum atomic E-state index is -0.767. The number of ketones is 1. The summed E-state index contributed by atoms with van der Waals surface area (Å²) < 4.78 is 5.21. The molecule has 2 aromatic carbocycles. The van der Waals surface area contributed by atoms with Crippen molar-refractivity contribution in [2.45, 2.75) is 39.8 Å². The first-order chi connectivity index (χ1) is 16.0. The highest BCUT2D eigenvalue weighted by atomic mass is 35.5. The van der Waals surface area contributed by atoms with E-state index in [4.69, 9.17) is 16.3 Å². The summed E-state index contributed by atoms with van der Waals surface area (Å²) in [6, 6.07) is 11.3. The van der Waals surface area contributed by atoms with Gasteiger partial charge in [0.15, 0.2) is 5.78 Å². The van der Waals surface area contributed by atoms with Crippen molar-refractivity contribution in [1.29, 1.82) is 0 Å². The number of hydrogen-bond acceptors (Lipinski definition) is 5. The summed E-state index contributed by atoms with van der Waals surface area (Å²) >= 11 is 6.27. The molecule has 7 heteroatoms. The van der Waals surface area contributed by atoms with Crippen LogP contribution in [0.5, 0.6) is 5.75 Å². The zero-order valence-corrected chi connectivity index (χ0v) is 20.6. The lowest BCUT2D eigenvalue weighted by atomic mass is 9.79. The number of carbonyl (C=O) groups is 3. The molecule has 3 aliphatic rings. The average Bonchev–Trinajstić information content (AvgIpc) is 3.25. The Hall–Kier alpha value is -3.12. The Labute approximate surface area is 204 Å². The number of carbonyl (C=O) groups excluding carboxylic acids is 3. The molecule has 0 spiro atoms. The summed E-state index contributed by atoms with van der Waals surface area (Å²) in [5.41, 5.74) is 2.53. The third-order valence-corrected chi connectivity index (χ3v) is 7.38. The summed E-state index contributed by atoms with van der Waals surface area (Å²) in [7, 11) is 1.56. The van der Waals surface area contributed by atoms with E-state index in [1.807, 2.05) is 50.8 Å². The van der Waals surface area contributed by atoms with Gasteiger partial charge in [0.2, 0.25) is 11.8 Å². The van der Waals surface area contributed by atoms with E-state index in [1.165, 1.54) is 4.90 Å². The van der Waals surface area contributed by atoms with E-state index < -0.39 is 29.3 Å². The maximum Gasteiger partial charge on any atom is 0.240 e. The maximum atomic E-state index is 13.8. The topological polar surface area (TPSA) is 66.9 Å². The first kappa shape index (κ1) is 22.7. The smallest absolute Gasteiger partial charge is 0.240 e. The number of hydrogen-bond donors (Lipinski definition) is 0. The number of amides is 2. The second kappa shape index (κ2) is 7.70. The lowest BCUT2D eigenvalue weighted by Crippen LogP contribution is -2.51. The molecule has 3 aliphatic heterocycles. The van der Waals surface area contributed by atoms with Crippen molar-refractivity contribution < 1.29 is 19.1 Å². The minimum Gasteiger partial charge on any atom is -0.497 e. The number of allylic oxidation sites excluding steroid dienone is 1. The van der Waals surface area contributed by atoms with Crippen LogP contribution in [0, 0.1) is 17.3 Å². The molecule has 2 amide bonds. The summed E-state index contributed by atoms with van der Waals surface area (Å²) in [5, 5.41) is 0.598. The van der Waals surface area contributed by atoms with E-state index >= 15 is 0 Å². The molecule has 0 aromatic heterocycles. The van der Waals surface area contributed by atoms with Crippen LogP contribution < -0.4 is 14.5 Å². The van der Waals surface area contributed by atoms with Gasteiger partial charge >= 0.3 is 0 Å². The van der Waals surface area contributed by atoms with Crippen LogP contribution in [0.25, 0.3) is 5.57 Å². The van der Waals surface area contributed by atoms with Crippen LogP contribution in [0.3, 0.4) is 0 Å². The van der Waals surface area contributed by atoms with Crippen molar-refractivity contribution >= 4 is 46.1 Å². The van der Waals surface area contributed by atoms with Crippen LogP contribution in [-0.2, 0) is 14.4 Å². The van der Waals surface area contributed by atoms with Gasteiger partial charge in [-0.15, -0.1) is 0 Å². The van der Waals surface area contributed by atoms with Crippen LogP contribution in [0.15, 0.2) is 48.5 Å². The van der Waals surface area contributed by atoms with Gasteiger partial charge in [0.05, 0.1) is 30.7 Å². The number of nitrogens with zero attached hydrogens (tertiary/aromatic N) is 2. The molecule has 4 unspecified atom stereocenters. The SMILES string of the molecule is COc1ccc(N2C(=O)C3C(C2=O)C(C(=O)C(C)(C)C)N2c4ccc(Cl)cc4C(C)=CC32)cc1. The Kier molecular flexibility index (Phi) is 5.13. The van der Waals surface area contributed by atoms with Crippen molar-refractivity contribution in [3.8, 4) is 5.75 Å². The first-order valence-corrected chi connectivity index (χ1v) is 11.7. The number of imide groups is 1. The molecule has 2 saturated heterocycles. The number of rotatable bonds is 3. The zero-order chi connectivity index (χ0) is 24.5. The summed E-state index contributed by atoms with van der Waals surface area (Å²) in [4.78, 5) is 44.7. The Balaban J connectivity index is 1.66. The van der Waals surface area contributed by atoms with Crippen LogP contribution in [-0.4, -0.2) is 36.8 Å². The van der Waals surface area contributed by atoms with Gasteiger partial charge in [-0.2, -0.15) is 0 Å². The number of fused-ring (bicyclic) bond motifs is 5. The summed E-state index contributed by atoms with van der Waals surface area (Å²) in [6.07, 6.45) is 2.01. The van der Waals surface area contributed by atoms with Crippen molar-refractivity contribution in [2.24, 2.45) is 17.3 Å². The normalized spacial score (nSPS) is 25.6. The van der Waals surface area contributed by atoms with Gasteiger partial charge in [-0.25, -0.2) is 4.90 Å². The second-order valence-electron chi connectivity index (χ2n) is 10.2. The third kappa shape index (κ3) is 3.19. The Bertz CT molecular complexity index is 1240. The van der Waals surface area contributed by atoms with Gasteiger partial charge < -0.3 is 9.64 Å². The summed E-state index contributed by atoms with van der Waals surface area (Å²) in [5.74, 6) is -1.45. The van der Waals surface area contributed by atoms with Crippen molar-refractivity contribution in [2.75, 3.05) is 16.9 Å². The molecule has 0 aliphatic carbocycles. The van der Waals surface area contributed by atoms with Gasteiger partial charge in [0.25, 0.3) is 0 Å². The van der Waals surface area contributed by atoms with E-state index in [1.54, 1.807) is 37.4 Å². The molecule has 0 N–H and O–H groups in total. The largest absolute Gasteiger partial charge is 0.497 e. The molecule has 6 nitrogen and oxygen atoms in total. The summed E-state index contributed by atoms with van der Waals surface area (Å²) in [6.45, 7) is 7.54. The van der Waals surface area contributed by atoms with Crippen molar-refractivity contribution in [1.82, 2.24) is 0 Å². The quantitative estimate of drug-likeness (QED) is 0.596. The van der Waals surface area contributed by atoms with E-state index in [2.05, 4.69) is 0 Å². The van der Waals surface area contributed by atoms with Gasteiger partial charge in [0, 0.05) is 21.7 Å². The minimum absolute atomic E-state index is 0.0587. The molecule has 0 saturated carbocycles. The molecular weight excluding hydrogens is 452 g/mol. The third-order valence-electron chi connectivity index (χ3n) is 7.15. The Morgan fingerprint density at radius 1 is 1.00 bits per heavy atom. The van der Waals surface area contributed by atoms with Crippen LogP contribution in [0.2, 0.25) is 5.02 Å². The average molecular weight is 479 g/mol. The fourth-order valence-electron chi connectivity index (χ4n) is 5.54. The molecule has 34 heavy (non-hydrogen) atoms. The van der Waals surface area contributed by atoms with Gasteiger partial charge in [-0.3, -0.25) is 14.4 Å². The molecule has 176 valence electrons. The zero-order valence-electron chi connectivity index (χ0n) is 19.8. The molecule has 3 heterocycles. The fraction of sp³-hybridized carbons (Fsp3) is 0.370. The molecule has 0 radical (unpaired) electrons. The number of halogens is 1. The highest BCUT2D eigenvalue weighted by molar-refractivity contribution is 6.31. The van der Waals surface area contributed by atoms with Crippen molar-refractivity contribution in [3.63, 3.8) is 0 Å². The van der Waals surface area contributed by atoms with E-state index in [0.29, 0.717) is 16.5 Å². The molecule has 4 atom stereocenters. The Morgan fingerprint density at radius 2 is 1.65 bits per heavy atom. The number of ether oxygens (including phenoxy) is 1. The van der Waals surface area contributed by atoms with Gasteiger partial charge in [0.1, 0.15) is 11.8 Å². The Morgan fingerprint density at radius 3 is 2.26 bits per heavy atom. The molecular formula is C27H27ClN2O4. The molecule has 2 aromatic rings. The number of benzene rings is 2. The highest BCUT2D eigenvalue weighted by Crippen LogP contribution is 2.52. The predicted molar refractivity (Wildman–Crippen MR) is 132 cm³/mol. The maximum absolute atomic E-state index is 13.8. The van der Waals surface area contributed by atoms with E-state index in [0.717, 1.165) is 16.8 Å². The monoisotopic (exact) mass is 478 g/mol. The van der Waals surface area contributed by atoms with Crippen molar-refractivity contribution in [3.05, 3.63) is 59.1 Å². The number of Topliss-reactive ketones (excluding diaryl/α,β-unsaturated/α-hetero) is 1. The van der Waals surface area contributed by atoms with E-state index in [-0.39, 0.29) is 17.6 Å². The van der Waals surface area contributed by atoms with Crippen LogP contribution in [0.1, 0.15) is 33.3 Å². The highest BCUT2D eigenvalue weighted by Gasteiger charge is 2.65. The molecule has 5 rings (SSSR count). The number of anilines is 2. The van der Waals surface area contributed by atoms with Gasteiger partial charge in [-0.1, -0.05) is 38.4 Å². The van der Waals surface area contributed by atoms with Gasteiger partial charge in [-0.05, 0) is 55.0 Å². The fourth-order valence-corrected chi connectivity index (χ4v) is 5.72. The first-order valence-electron chi connectivity index (χ1n) is 11.4. The standard InChI is InChI=1S/C27H27ClN2O4/c1-14-12-20-21-22(26(33)29(25(21)32)16-7-9-17(34-5)10-8-16)23(24(31)27(2,3)4)30(20)19-11-6-15(28)13-18(14)19/h6-13,20-23H,1-5H3. The lowest BCUT2D eigenvalue weighted by Gasteiger charge is -2.39. The van der Waals surface area contributed by atoms with Crippen LogP contribution >= 0.6 is 11.6 Å². The lowest BCUT2D eigenvalue weighted by molar-refractivity contribution is -0.132. The molecule has 0 bridgehead atoms. The molecule has 2 fully saturated rings.